The van der Waals surface area contributed by atoms with Crippen LogP contribution >= 0.6 is 23.2 Å². The van der Waals surface area contributed by atoms with E-state index < -0.39 is 0 Å². The number of hydrogen-bond donors (Lipinski definition) is 0. The summed E-state index contributed by atoms with van der Waals surface area (Å²) < 4.78 is 0. The predicted octanol–water partition coefficient (Wildman–Crippen LogP) is 4.97. The first-order chi connectivity index (χ1) is 8.81. The van der Waals surface area contributed by atoms with Crippen LogP contribution < -0.4 is 0 Å². The third kappa shape index (κ3) is 3.76. The Morgan fingerprint density at radius 2 is 0.944 bits per heavy atom. The van der Waals surface area contributed by atoms with Crippen molar-refractivity contribution in [1.82, 2.24) is 0 Å². The minimum absolute atomic E-state index is 1.03. The Balaban J connectivity index is 1.93. The molecule has 0 aliphatic rings. The maximum atomic E-state index is 5.64. The van der Waals surface area contributed by atoms with Crippen LogP contribution in [0.2, 0.25) is 0 Å². The van der Waals surface area contributed by atoms with Crippen molar-refractivity contribution >= 4 is 23.2 Å². The molecule has 0 aromatic heterocycles. The first-order valence-electron chi connectivity index (χ1n) is 5.86. The average molecular weight is 277 g/mol. The summed E-state index contributed by atoms with van der Waals surface area (Å²) >= 11 is 11.3. The van der Waals surface area contributed by atoms with Crippen molar-refractivity contribution in [1.29, 1.82) is 0 Å². The van der Waals surface area contributed by atoms with Gasteiger partial charge < -0.3 is 0 Å². The second-order valence-corrected chi connectivity index (χ2v) is 4.64. The number of rotatable bonds is 5. The van der Waals surface area contributed by atoms with Gasteiger partial charge in [-0.25, -0.2) is 0 Å². The second kappa shape index (κ2) is 6.82. The van der Waals surface area contributed by atoms with Crippen molar-refractivity contribution in [3.63, 3.8) is 0 Å². The Morgan fingerprint density at radius 1 is 0.611 bits per heavy atom. The van der Waals surface area contributed by atoms with E-state index in [-0.39, 0.29) is 0 Å². The van der Waals surface area contributed by atoms with Crippen molar-refractivity contribution in [2.75, 3.05) is 0 Å². The second-order valence-electron chi connectivity index (χ2n) is 4.20. The molecule has 0 amide bonds. The van der Waals surface area contributed by atoms with Crippen LogP contribution in [-0.2, 0) is 12.8 Å². The summed E-state index contributed by atoms with van der Waals surface area (Å²) in [4.78, 5) is 0. The summed E-state index contributed by atoms with van der Waals surface area (Å²) in [6, 6.07) is 16.6. The summed E-state index contributed by atoms with van der Waals surface area (Å²) in [6.07, 6.45) is 2.07. The lowest BCUT2D eigenvalue weighted by atomic mass is 10.0. The molecule has 2 rings (SSSR count). The molecule has 0 heterocycles. The Hall–Kier alpha value is -0.980. The van der Waals surface area contributed by atoms with Gasteiger partial charge in [0.15, 0.2) is 0 Å². The van der Waals surface area contributed by atoms with Crippen molar-refractivity contribution in [3.8, 4) is 0 Å². The highest BCUT2D eigenvalue weighted by Gasteiger charge is 1.98. The molecule has 0 bridgehead atoms. The molecule has 0 aliphatic carbocycles. The summed E-state index contributed by atoms with van der Waals surface area (Å²) in [6.45, 7) is 0. The molecular weight excluding hydrogens is 263 g/mol. The molecule has 18 heavy (non-hydrogen) atoms. The summed E-state index contributed by atoms with van der Waals surface area (Å²) in [5, 5.41) is 0. The highest BCUT2D eigenvalue weighted by atomic mass is 35.5. The Labute approximate surface area is 119 Å². The van der Waals surface area contributed by atoms with Gasteiger partial charge in [0.1, 0.15) is 0 Å². The molecule has 0 saturated heterocycles. The Kier molecular flexibility index (Phi) is 5.10. The predicted molar refractivity (Wildman–Crippen MR) is 78.8 cm³/mol. The molecule has 2 heteroatoms. The maximum Gasteiger partial charge on any atom is 0.0790 e. The zero-order chi connectivity index (χ0) is 12.8. The quantitative estimate of drug-likeness (QED) is 0.723. The largest absolute Gasteiger partial charge is 0.116 e. The van der Waals surface area contributed by atoms with Crippen LogP contribution in [0.3, 0.4) is 0 Å². The highest BCUT2D eigenvalue weighted by Crippen LogP contribution is 2.13. The third-order valence-electron chi connectivity index (χ3n) is 2.91. The number of aryl methyl sites for hydroxylation is 2. The fourth-order valence-electron chi connectivity index (χ4n) is 1.80. The van der Waals surface area contributed by atoms with Gasteiger partial charge in [0.2, 0.25) is 0 Å². The molecule has 0 fully saturated rings. The van der Waals surface area contributed by atoms with E-state index in [2.05, 4.69) is 24.3 Å². The monoisotopic (exact) mass is 276 g/mol. The van der Waals surface area contributed by atoms with Gasteiger partial charge in [-0.05, 0) is 35.1 Å². The van der Waals surface area contributed by atoms with Gasteiger partial charge in [-0.2, -0.15) is 0 Å². The molecule has 92 valence electrons. The summed E-state index contributed by atoms with van der Waals surface area (Å²) in [7, 11) is 0. The van der Waals surface area contributed by atoms with Crippen molar-refractivity contribution in [3.05, 3.63) is 82.5 Å². The Morgan fingerprint density at radius 3 is 1.22 bits per heavy atom. The van der Waals surface area contributed by atoms with Gasteiger partial charge in [-0.3, -0.25) is 0 Å². The molecule has 0 spiro atoms. The van der Waals surface area contributed by atoms with E-state index in [4.69, 9.17) is 23.2 Å². The van der Waals surface area contributed by atoms with Gasteiger partial charge in [0.05, 0.1) is 11.8 Å². The molecule has 2 radical (unpaired) electrons. The zero-order valence-corrected chi connectivity index (χ0v) is 11.5. The third-order valence-corrected chi connectivity index (χ3v) is 3.42. The average Bonchev–Trinajstić information content (AvgIpc) is 2.46. The van der Waals surface area contributed by atoms with Crippen molar-refractivity contribution in [2.24, 2.45) is 0 Å². The molecule has 0 atom stereocenters. The van der Waals surface area contributed by atoms with E-state index >= 15 is 0 Å². The van der Waals surface area contributed by atoms with Crippen LogP contribution in [0.1, 0.15) is 22.3 Å². The van der Waals surface area contributed by atoms with E-state index in [0.29, 0.717) is 0 Å². The molecule has 0 nitrogen and oxygen atoms in total. The van der Waals surface area contributed by atoms with Crippen LogP contribution in [0.4, 0.5) is 0 Å². The van der Waals surface area contributed by atoms with Crippen LogP contribution in [-0.4, -0.2) is 0 Å². The smallest absolute Gasteiger partial charge is 0.0790 e. The molecule has 0 aliphatic heterocycles. The van der Waals surface area contributed by atoms with Gasteiger partial charge in [-0.1, -0.05) is 48.5 Å². The van der Waals surface area contributed by atoms with Crippen molar-refractivity contribution < 1.29 is 0 Å². The lowest BCUT2D eigenvalue weighted by Gasteiger charge is -2.04. The number of halogens is 2. The van der Waals surface area contributed by atoms with Crippen LogP contribution in [0.25, 0.3) is 0 Å². The van der Waals surface area contributed by atoms with Gasteiger partial charge >= 0.3 is 0 Å². The summed E-state index contributed by atoms with van der Waals surface area (Å²) in [5.41, 5.74) is 4.74. The van der Waals surface area contributed by atoms with E-state index in [1.807, 2.05) is 24.3 Å². The number of benzene rings is 2. The minimum atomic E-state index is 1.03. The van der Waals surface area contributed by atoms with Crippen molar-refractivity contribution in [2.45, 2.75) is 12.8 Å². The maximum absolute atomic E-state index is 5.64. The topological polar surface area (TPSA) is 0 Å². The molecule has 0 unspecified atom stereocenters. The minimum Gasteiger partial charge on any atom is -0.116 e. The van der Waals surface area contributed by atoms with E-state index in [1.54, 1.807) is 11.8 Å². The molecule has 2 aromatic carbocycles. The first-order valence-corrected chi connectivity index (χ1v) is 6.74. The first kappa shape index (κ1) is 13.5. The van der Waals surface area contributed by atoms with Crippen LogP contribution in [0, 0.1) is 11.8 Å². The normalized spacial score (nSPS) is 10.6. The Bertz CT molecular complexity index is 424. The van der Waals surface area contributed by atoms with Gasteiger partial charge in [0, 0.05) is 0 Å². The summed E-state index contributed by atoms with van der Waals surface area (Å²) in [5.74, 6) is 3.18. The van der Waals surface area contributed by atoms with E-state index in [9.17, 15) is 0 Å². The fraction of sp³-hybridized carbons (Fsp3) is 0.125. The zero-order valence-electron chi connectivity index (χ0n) is 9.94. The lowest BCUT2D eigenvalue weighted by molar-refractivity contribution is 0.959. The van der Waals surface area contributed by atoms with E-state index in [0.717, 1.165) is 24.0 Å². The fourth-order valence-corrected chi connectivity index (χ4v) is 2.09. The van der Waals surface area contributed by atoms with E-state index in [1.165, 1.54) is 11.1 Å². The molecular formula is C16H14Cl2. The van der Waals surface area contributed by atoms with Gasteiger partial charge in [0.25, 0.3) is 0 Å². The molecule has 0 N–H and O–H groups in total. The SMILES string of the molecule is Cl[CH]c1ccc(CCc2ccc([CH]Cl)cc2)cc1. The lowest BCUT2D eigenvalue weighted by Crippen LogP contribution is -1.91. The van der Waals surface area contributed by atoms with Crippen LogP contribution in [0.15, 0.2) is 48.5 Å². The molecule has 0 saturated carbocycles. The van der Waals surface area contributed by atoms with Crippen LogP contribution in [0.5, 0.6) is 0 Å². The van der Waals surface area contributed by atoms with Gasteiger partial charge in [-0.15, -0.1) is 23.2 Å². The molecule has 2 aromatic rings. The highest BCUT2D eigenvalue weighted by molar-refractivity contribution is 6.25. The number of hydrogen-bond acceptors (Lipinski definition) is 0. The standard InChI is InChI=1S/C16H14Cl2/c17-11-15-7-3-13(4-8-15)1-2-14-5-9-16(12-18)10-6-14/h3-12H,1-2H2.